The number of nitrogens with one attached hydrogen (secondary N) is 3. The molecule has 0 saturated carbocycles. The Hall–Kier alpha value is -1.84. The van der Waals surface area contributed by atoms with Crippen LogP contribution in [-0.4, -0.2) is 58.4 Å². The van der Waals surface area contributed by atoms with Crippen molar-refractivity contribution in [2.24, 2.45) is 0 Å². The predicted molar refractivity (Wildman–Crippen MR) is 64.2 cm³/mol. The minimum absolute atomic E-state index is 0.00662. The fourth-order valence-corrected chi connectivity index (χ4v) is 2.20. The number of aliphatic hydroxyl groups is 2. The molecule has 19 heavy (non-hydrogen) atoms. The Morgan fingerprint density at radius 3 is 2.95 bits per heavy atom. The number of hydrogen-bond donors (Lipinski definition) is 5. The molecule has 1 saturated heterocycles. The van der Waals surface area contributed by atoms with Gasteiger partial charge >= 0.3 is 0 Å². The Labute approximate surface area is 107 Å². The highest BCUT2D eigenvalue weighted by Crippen LogP contribution is 2.29. The van der Waals surface area contributed by atoms with Crippen LogP contribution < -0.4 is 20.9 Å². The van der Waals surface area contributed by atoms with E-state index in [2.05, 4.69) is 20.6 Å². The lowest BCUT2D eigenvalue weighted by molar-refractivity contribution is -0.121. The Kier molecular flexibility index (Phi) is 2.81. The van der Waals surface area contributed by atoms with Gasteiger partial charge in [-0.3, -0.25) is 9.78 Å². The molecule has 9 nitrogen and oxygen atoms in total. The van der Waals surface area contributed by atoms with Crippen LogP contribution in [0.25, 0.3) is 0 Å². The van der Waals surface area contributed by atoms with Crippen molar-refractivity contribution < 1.29 is 19.7 Å². The second-order valence-corrected chi connectivity index (χ2v) is 4.43. The minimum Gasteiger partial charge on any atom is -0.468 e. The third-order valence-corrected chi connectivity index (χ3v) is 3.22. The van der Waals surface area contributed by atoms with Gasteiger partial charge in [-0.15, -0.1) is 0 Å². The Morgan fingerprint density at radius 1 is 1.42 bits per heavy atom. The number of ether oxygens (including phenoxy) is 2. The zero-order valence-electron chi connectivity index (χ0n) is 10.1. The maximum Gasteiger partial charge on any atom is 0.298 e. The fraction of sp³-hybridized carbons (Fsp3) is 0.600. The first-order valence-corrected chi connectivity index (χ1v) is 5.79. The van der Waals surface area contributed by atoms with Crippen molar-refractivity contribution in [1.82, 2.24) is 9.97 Å². The summed E-state index contributed by atoms with van der Waals surface area (Å²) in [5.74, 6) is 0.283. The van der Waals surface area contributed by atoms with Crippen LogP contribution in [0.1, 0.15) is 0 Å². The molecule has 9 heteroatoms. The van der Waals surface area contributed by atoms with Gasteiger partial charge in [0.05, 0.1) is 19.8 Å². The average molecular weight is 270 g/mol. The Morgan fingerprint density at radius 2 is 2.21 bits per heavy atom. The van der Waals surface area contributed by atoms with Gasteiger partial charge in [0.25, 0.3) is 11.6 Å². The number of rotatable bonds is 1. The number of aromatic amines is 1. The van der Waals surface area contributed by atoms with Gasteiger partial charge in [0.2, 0.25) is 0 Å². The number of aromatic nitrogens is 2. The highest BCUT2D eigenvalue weighted by atomic mass is 16.5. The largest absolute Gasteiger partial charge is 0.468 e. The third kappa shape index (κ3) is 1.91. The highest BCUT2D eigenvalue weighted by Gasteiger charge is 2.42. The average Bonchev–Trinajstić information content (AvgIpc) is 2.41. The maximum atomic E-state index is 11.8. The van der Waals surface area contributed by atoms with E-state index in [4.69, 9.17) is 9.47 Å². The summed E-state index contributed by atoms with van der Waals surface area (Å²) in [6.45, 7) is 0.00662. The van der Waals surface area contributed by atoms with Crippen LogP contribution in [0.2, 0.25) is 0 Å². The minimum atomic E-state index is -1.04. The number of fused-ring (bicyclic) bond motifs is 2. The van der Waals surface area contributed by atoms with Crippen LogP contribution in [0.5, 0.6) is 6.01 Å². The van der Waals surface area contributed by atoms with Crippen LogP contribution >= 0.6 is 0 Å². The zero-order chi connectivity index (χ0) is 13.6. The molecular weight excluding hydrogens is 256 g/mol. The lowest BCUT2D eigenvalue weighted by atomic mass is 9.99. The van der Waals surface area contributed by atoms with Crippen molar-refractivity contribution in [3.05, 3.63) is 10.4 Å². The monoisotopic (exact) mass is 270 g/mol. The molecule has 4 atom stereocenters. The van der Waals surface area contributed by atoms with Crippen molar-refractivity contribution in [2.75, 3.05) is 24.4 Å². The first-order valence-electron chi connectivity index (χ1n) is 5.79. The first kappa shape index (κ1) is 12.2. The molecule has 0 radical (unpaired) electrons. The number of H-pyrrole nitrogens is 1. The molecule has 0 unspecified atom stereocenters. The van der Waals surface area contributed by atoms with Crippen molar-refractivity contribution in [3.63, 3.8) is 0 Å². The Balaban J connectivity index is 1.98. The molecule has 0 bridgehead atoms. The van der Waals surface area contributed by atoms with Crippen molar-refractivity contribution in [2.45, 2.75) is 24.5 Å². The molecule has 3 heterocycles. The lowest BCUT2D eigenvalue weighted by Gasteiger charge is -2.42. The smallest absolute Gasteiger partial charge is 0.298 e. The molecule has 1 fully saturated rings. The van der Waals surface area contributed by atoms with Gasteiger partial charge in [-0.2, -0.15) is 4.98 Å². The SMILES string of the molecule is COc1nc2c(c(=O)[nH]1)N[C@H]1[C@H](O)[C@@H](O)CO[C@H]1N2. The molecular formula is C10H14N4O5. The van der Waals surface area contributed by atoms with Crippen LogP contribution in [0.4, 0.5) is 11.5 Å². The number of hydrogen-bond acceptors (Lipinski definition) is 8. The summed E-state index contributed by atoms with van der Waals surface area (Å²) in [6, 6.07) is -0.555. The molecule has 5 N–H and O–H groups in total. The molecule has 2 aliphatic heterocycles. The molecule has 0 aliphatic carbocycles. The van der Waals surface area contributed by atoms with E-state index in [0.29, 0.717) is 0 Å². The zero-order valence-corrected chi connectivity index (χ0v) is 10.1. The summed E-state index contributed by atoms with van der Waals surface area (Å²) in [5.41, 5.74) is -0.251. The van der Waals surface area contributed by atoms with Crippen molar-refractivity contribution in [3.8, 4) is 6.01 Å². The van der Waals surface area contributed by atoms with Crippen LogP contribution in [-0.2, 0) is 4.74 Å². The van der Waals surface area contributed by atoms with Gasteiger partial charge in [0.15, 0.2) is 12.0 Å². The normalized spacial score (nSPS) is 32.6. The number of anilines is 2. The molecule has 0 aromatic carbocycles. The van der Waals surface area contributed by atoms with E-state index in [-0.39, 0.29) is 24.1 Å². The van der Waals surface area contributed by atoms with Gasteiger partial charge in [-0.1, -0.05) is 0 Å². The third-order valence-electron chi connectivity index (χ3n) is 3.22. The summed E-state index contributed by atoms with van der Waals surface area (Å²) in [5, 5.41) is 25.2. The molecule has 2 aliphatic rings. The van der Waals surface area contributed by atoms with Crippen LogP contribution in [0.3, 0.4) is 0 Å². The summed E-state index contributed by atoms with van der Waals surface area (Å²) in [7, 11) is 1.39. The summed E-state index contributed by atoms with van der Waals surface area (Å²) < 4.78 is 10.2. The predicted octanol–water partition coefficient (Wildman–Crippen LogP) is -1.94. The van der Waals surface area contributed by atoms with Crippen molar-refractivity contribution >= 4 is 11.5 Å². The summed E-state index contributed by atoms with van der Waals surface area (Å²) in [6.07, 6.45) is -2.62. The quantitative estimate of drug-likeness (QED) is 0.399. The number of methoxy groups -OCH3 is 1. The number of aliphatic hydroxyl groups excluding tert-OH is 2. The van der Waals surface area contributed by atoms with E-state index in [1.807, 2.05) is 0 Å². The Bertz CT molecular complexity index is 547. The van der Waals surface area contributed by atoms with E-state index >= 15 is 0 Å². The van der Waals surface area contributed by atoms with E-state index in [0.717, 1.165) is 0 Å². The van der Waals surface area contributed by atoms with Crippen LogP contribution in [0, 0.1) is 0 Å². The second kappa shape index (κ2) is 4.37. The van der Waals surface area contributed by atoms with Crippen LogP contribution in [0.15, 0.2) is 4.79 Å². The van der Waals surface area contributed by atoms with E-state index in [1.165, 1.54) is 7.11 Å². The fourth-order valence-electron chi connectivity index (χ4n) is 2.20. The molecule has 104 valence electrons. The standard InChI is InChI=1S/C10H14N4O5/c1-18-10-13-7-5(8(17)14-10)11-4-6(16)3(15)2-19-9(4)12-7/h3-4,6,9,11,15-16H,2H2,1H3,(H2,12,13,14,17)/t3-,4-,6+,9+/m0/s1. The van der Waals surface area contributed by atoms with Gasteiger partial charge in [0.1, 0.15) is 17.9 Å². The molecule has 0 amide bonds. The van der Waals surface area contributed by atoms with E-state index in [1.54, 1.807) is 0 Å². The first-order chi connectivity index (χ1) is 9.10. The number of nitrogens with zero attached hydrogens (tertiary/aromatic N) is 1. The van der Waals surface area contributed by atoms with E-state index < -0.39 is 30.0 Å². The van der Waals surface area contributed by atoms with Crippen molar-refractivity contribution in [1.29, 1.82) is 0 Å². The molecule has 1 aromatic rings. The van der Waals surface area contributed by atoms with Gasteiger partial charge in [0, 0.05) is 0 Å². The summed E-state index contributed by atoms with van der Waals surface area (Å²) in [4.78, 5) is 18.3. The van der Waals surface area contributed by atoms with E-state index in [9.17, 15) is 15.0 Å². The molecule has 0 spiro atoms. The summed E-state index contributed by atoms with van der Waals surface area (Å²) >= 11 is 0. The highest BCUT2D eigenvalue weighted by molar-refractivity contribution is 5.67. The lowest BCUT2D eigenvalue weighted by Crippen LogP contribution is -2.61. The molecule has 1 aromatic heterocycles. The second-order valence-electron chi connectivity index (χ2n) is 4.43. The van der Waals surface area contributed by atoms with Gasteiger partial charge in [-0.05, 0) is 0 Å². The maximum absolute atomic E-state index is 11.8. The van der Waals surface area contributed by atoms with Gasteiger partial charge < -0.3 is 30.3 Å². The van der Waals surface area contributed by atoms with Gasteiger partial charge in [-0.25, -0.2) is 0 Å². The molecule has 3 rings (SSSR count). The topological polar surface area (TPSA) is 129 Å².